The molecule has 1 amide bonds. The first-order valence-corrected chi connectivity index (χ1v) is 9.58. The fourth-order valence-corrected chi connectivity index (χ4v) is 3.80. The maximum Gasteiger partial charge on any atom is 0.433 e. The van der Waals surface area contributed by atoms with Crippen molar-refractivity contribution < 1.29 is 22.4 Å². The molecule has 3 aromatic rings. The van der Waals surface area contributed by atoms with Crippen LogP contribution in [0.2, 0.25) is 0 Å². The van der Waals surface area contributed by atoms with Gasteiger partial charge in [-0.1, -0.05) is 6.07 Å². The molecule has 1 N–H and O–H groups in total. The lowest BCUT2D eigenvalue weighted by Crippen LogP contribution is -2.45. The van der Waals surface area contributed by atoms with Crippen molar-refractivity contribution in [3.05, 3.63) is 89.5 Å². The number of nitrogens with zero attached hydrogens (tertiary/aromatic N) is 4. The number of nitrogens with one attached hydrogen (secondary N) is 1. The fraction of sp³-hybridized carbons (Fsp3) is 0.136. The summed E-state index contributed by atoms with van der Waals surface area (Å²) in [6.45, 7) is 0. The van der Waals surface area contributed by atoms with Crippen LogP contribution in [0.4, 0.5) is 23.2 Å². The zero-order valence-corrected chi connectivity index (χ0v) is 16.6. The molecule has 0 saturated carbocycles. The number of carbonyl (C=O) groups excluding carboxylic acids is 1. The number of rotatable bonds is 2. The van der Waals surface area contributed by atoms with Gasteiger partial charge in [0, 0.05) is 25.0 Å². The molecule has 0 fully saturated rings. The summed E-state index contributed by atoms with van der Waals surface area (Å²) in [5.41, 5.74) is 4.85. The van der Waals surface area contributed by atoms with Crippen molar-refractivity contribution in [2.24, 2.45) is 0 Å². The van der Waals surface area contributed by atoms with Crippen LogP contribution in [0.15, 0.2) is 66.8 Å². The first-order chi connectivity index (χ1) is 15.2. The number of carbonyl (C=O) groups is 1. The Morgan fingerprint density at radius 3 is 2.53 bits per heavy atom. The lowest BCUT2D eigenvalue weighted by molar-refractivity contribution is -0.141. The van der Waals surface area contributed by atoms with Gasteiger partial charge in [-0.05, 0) is 53.6 Å². The van der Waals surface area contributed by atoms with Crippen LogP contribution in [-0.4, -0.2) is 27.8 Å². The van der Waals surface area contributed by atoms with Gasteiger partial charge in [-0.15, -0.1) is 0 Å². The minimum absolute atomic E-state index is 0.251. The van der Waals surface area contributed by atoms with Crippen molar-refractivity contribution in [2.45, 2.75) is 12.2 Å². The Bertz CT molecular complexity index is 1260. The Balaban J connectivity index is 1.55. The van der Waals surface area contributed by atoms with Gasteiger partial charge in [0.05, 0.1) is 17.3 Å². The van der Waals surface area contributed by atoms with Crippen molar-refractivity contribution in [3.8, 4) is 11.1 Å². The first kappa shape index (κ1) is 20.1. The van der Waals surface area contributed by atoms with Crippen LogP contribution >= 0.6 is 0 Å². The molecule has 2 aliphatic heterocycles. The van der Waals surface area contributed by atoms with E-state index >= 15 is 0 Å². The average molecular weight is 441 g/mol. The Labute approximate surface area is 179 Å². The predicted octanol–water partition coefficient (Wildman–Crippen LogP) is 4.29. The van der Waals surface area contributed by atoms with Gasteiger partial charge in [0.15, 0.2) is 0 Å². The number of fused-ring (bicyclic) bond motifs is 3. The normalized spacial score (nSPS) is 17.8. The minimum Gasteiger partial charge on any atom is -0.296 e. The standard InChI is InChI=1S/C22H15F4N5O/c1-30-20-10-16(13-6-7-27-18(9-13)22(24,25)26)29-31(20)17-8-12(2-4-15(17)21(30)32)14-3-5-19(23)28-11-14/h2-11,16,29H,1H3. The monoisotopic (exact) mass is 441 g/mol. The Morgan fingerprint density at radius 2 is 1.81 bits per heavy atom. The van der Waals surface area contributed by atoms with Gasteiger partial charge < -0.3 is 0 Å². The molecule has 0 bridgehead atoms. The van der Waals surface area contributed by atoms with Crippen molar-refractivity contribution >= 4 is 11.6 Å². The van der Waals surface area contributed by atoms with Crippen LogP contribution < -0.4 is 10.4 Å². The highest BCUT2D eigenvalue weighted by atomic mass is 19.4. The van der Waals surface area contributed by atoms with Gasteiger partial charge in [-0.25, -0.2) is 10.4 Å². The molecule has 1 atom stereocenters. The molecule has 2 aromatic heterocycles. The molecular weight excluding hydrogens is 426 g/mol. The van der Waals surface area contributed by atoms with Crippen molar-refractivity contribution in [3.63, 3.8) is 0 Å². The lowest BCUT2D eigenvalue weighted by atomic mass is 10.0. The van der Waals surface area contributed by atoms with E-state index in [0.29, 0.717) is 33.8 Å². The summed E-state index contributed by atoms with van der Waals surface area (Å²) in [6.07, 6.45) is -0.382. The molecule has 5 rings (SSSR count). The molecule has 10 heteroatoms. The number of hydrazine groups is 1. The summed E-state index contributed by atoms with van der Waals surface area (Å²) in [5, 5.41) is 1.66. The number of hydrogen-bond donors (Lipinski definition) is 1. The molecule has 2 aliphatic rings. The first-order valence-electron chi connectivity index (χ1n) is 9.58. The van der Waals surface area contributed by atoms with E-state index in [2.05, 4.69) is 15.4 Å². The quantitative estimate of drug-likeness (QED) is 0.475. The maximum atomic E-state index is 13.2. The second-order valence-corrected chi connectivity index (χ2v) is 7.40. The zero-order valence-electron chi connectivity index (χ0n) is 16.6. The predicted molar refractivity (Wildman–Crippen MR) is 107 cm³/mol. The molecule has 162 valence electrons. The molecule has 32 heavy (non-hydrogen) atoms. The highest BCUT2D eigenvalue weighted by Crippen LogP contribution is 2.39. The summed E-state index contributed by atoms with van der Waals surface area (Å²) in [6, 6.07) is 9.84. The number of alkyl halides is 3. The van der Waals surface area contributed by atoms with E-state index in [0.717, 1.165) is 12.3 Å². The van der Waals surface area contributed by atoms with Gasteiger partial charge in [0.1, 0.15) is 11.5 Å². The van der Waals surface area contributed by atoms with Crippen molar-refractivity contribution in [1.29, 1.82) is 0 Å². The molecule has 0 aliphatic carbocycles. The summed E-state index contributed by atoms with van der Waals surface area (Å²) in [7, 11) is 1.60. The SMILES string of the molecule is CN1C(=O)c2ccc(-c3ccc(F)nc3)cc2N2NC(c3ccnc(C(F)(F)F)c3)C=C12. The van der Waals surface area contributed by atoms with Gasteiger partial charge in [-0.2, -0.15) is 17.6 Å². The maximum absolute atomic E-state index is 13.2. The summed E-state index contributed by atoms with van der Waals surface area (Å²) in [4.78, 5) is 21.4. The molecule has 0 spiro atoms. The van der Waals surface area contributed by atoms with E-state index in [9.17, 15) is 22.4 Å². The number of aromatic nitrogens is 2. The molecule has 0 saturated heterocycles. The topological polar surface area (TPSA) is 61.4 Å². The van der Waals surface area contributed by atoms with Gasteiger partial charge in [0.2, 0.25) is 5.95 Å². The van der Waals surface area contributed by atoms with Crippen LogP contribution in [0.1, 0.15) is 27.7 Å². The van der Waals surface area contributed by atoms with E-state index in [1.165, 1.54) is 23.2 Å². The van der Waals surface area contributed by atoms with E-state index in [1.54, 1.807) is 42.4 Å². The lowest BCUT2D eigenvalue weighted by Gasteiger charge is -2.35. The number of pyridine rings is 2. The molecule has 4 heterocycles. The minimum atomic E-state index is -4.56. The number of anilines is 1. The summed E-state index contributed by atoms with van der Waals surface area (Å²) < 4.78 is 52.5. The Hall–Kier alpha value is -3.79. The largest absolute Gasteiger partial charge is 0.433 e. The number of halogens is 4. The highest BCUT2D eigenvalue weighted by Gasteiger charge is 2.38. The number of hydrogen-bond acceptors (Lipinski definition) is 5. The van der Waals surface area contributed by atoms with Crippen LogP contribution in [0.5, 0.6) is 0 Å². The van der Waals surface area contributed by atoms with Crippen LogP contribution in [0.25, 0.3) is 11.1 Å². The molecule has 1 unspecified atom stereocenters. The van der Waals surface area contributed by atoms with E-state index in [4.69, 9.17) is 0 Å². The zero-order chi connectivity index (χ0) is 22.6. The second-order valence-electron chi connectivity index (χ2n) is 7.40. The second kappa shape index (κ2) is 7.13. The summed E-state index contributed by atoms with van der Waals surface area (Å²) >= 11 is 0. The van der Waals surface area contributed by atoms with Gasteiger partial charge >= 0.3 is 6.18 Å². The molecule has 1 aromatic carbocycles. The number of benzene rings is 1. The molecule has 0 radical (unpaired) electrons. The number of amides is 1. The van der Waals surface area contributed by atoms with Crippen LogP contribution in [-0.2, 0) is 6.18 Å². The highest BCUT2D eigenvalue weighted by molar-refractivity contribution is 6.04. The van der Waals surface area contributed by atoms with Gasteiger partial charge in [0.25, 0.3) is 5.91 Å². The summed E-state index contributed by atoms with van der Waals surface area (Å²) in [5.74, 6) is -0.361. The Kier molecular flexibility index (Phi) is 4.48. The van der Waals surface area contributed by atoms with E-state index in [1.807, 2.05) is 0 Å². The van der Waals surface area contributed by atoms with Crippen molar-refractivity contribution in [2.75, 3.05) is 12.1 Å². The molecule has 6 nitrogen and oxygen atoms in total. The third kappa shape index (κ3) is 3.28. The van der Waals surface area contributed by atoms with Crippen LogP contribution in [0, 0.1) is 5.95 Å². The fourth-order valence-electron chi connectivity index (χ4n) is 3.80. The van der Waals surface area contributed by atoms with Gasteiger partial charge in [-0.3, -0.25) is 19.7 Å². The van der Waals surface area contributed by atoms with Crippen LogP contribution in [0.3, 0.4) is 0 Å². The third-order valence-corrected chi connectivity index (χ3v) is 5.42. The average Bonchev–Trinajstić information content (AvgIpc) is 3.23. The van der Waals surface area contributed by atoms with Crippen molar-refractivity contribution in [1.82, 2.24) is 20.3 Å². The Morgan fingerprint density at radius 1 is 1.03 bits per heavy atom. The van der Waals surface area contributed by atoms with E-state index < -0.39 is 23.9 Å². The molecular formula is C22H15F4N5O. The van der Waals surface area contributed by atoms with E-state index in [-0.39, 0.29) is 5.91 Å². The smallest absolute Gasteiger partial charge is 0.296 e. The third-order valence-electron chi connectivity index (χ3n) is 5.42.